The highest BCUT2D eigenvalue weighted by Crippen LogP contribution is 2.21. The molecule has 1 aliphatic heterocycles. The summed E-state index contributed by atoms with van der Waals surface area (Å²) in [5, 5.41) is 4.71. The van der Waals surface area contributed by atoms with Gasteiger partial charge >= 0.3 is 0 Å². The number of hydrogen-bond acceptors (Lipinski definition) is 3. The topological polar surface area (TPSA) is 27.7 Å². The monoisotopic (exact) mass is 417 g/mol. The van der Waals surface area contributed by atoms with Crippen molar-refractivity contribution in [2.45, 2.75) is 19.9 Å². The maximum atomic E-state index is 6.31. The molecule has 1 fully saturated rings. The van der Waals surface area contributed by atoms with Gasteiger partial charge in [0.2, 0.25) is 0 Å². The highest BCUT2D eigenvalue weighted by molar-refractivity contribution is 7.80. The Balaban J connectivity index is 1.65. The lowest BCUT2D eigenvalue weighted by atomic mass is 10.1. The summed E-state index contributed by atoms with van der Waals surface area (Å²) in [6, 6.07) is 16.2. The Morgan fingerprint density at radius 1 is 1.14 bits per heavy atom. The van der Waals surface area contributed by atoms with E-state index in [0.717, 1.165) is 58.0 Å². The van der Waals surface area contributed by atoms with Crippen molar-refractivity contribution in [1.29, 1.82) is 0 Å². The fourth-order valence-corrected chi connectivity index (χ4v) is 3.76. The second-order valence-corrected chi connectivity index (χ2v) is 7.86. The van der Waals surface area contributed by atoms with Gasteiger partial charge in [0.15, 0.2) is 5.11 Å². The zero-order valence-electron chi connectivity index (χ0n) is 16.4. The van der Waals surface area contributed by atoms with Crippen LogP contribution in [0.3, 0.4) is 0 Å². The molecule has 4 nitrogen and oxygen atoms in total. The van der Waals surface area contributed by atoms with Gasteiger partial charge < -0.3 is 15.0 Å². The number of anilines is 1. The number of thiocarbonyl (C=S) groups is 1. The van der Waals surface area contributed by atoms with Crippen LogP contribution in [0.4, 0.5) is 5.69 Å². The van der Waals surface area contributed by atoms with Crippen LogP contribution in [0.15, 0.2) is 48.5 Å². The lowest BCUT2D eigenvalue weighted by Gasteiger charge is -2.30. The second-order valence-electron chi connectivity index (χ2n) is 7.07. The molecule has 0 amide bonds. The molecule has 0 bridgehead atoms. The van der Waals surface area contributed by atoms with Gasteiger partial charge in [-0.25, -0.2) is 0 Å². The number of ether oxygens (including phenoxy) is 1. The number of nitrogens with one attached hydrogen (secondary N) is 1. The molecule has 0 aliphatic carbocycles. The molecule has 28 heavy (non-hydrogen) atoms. The zero-order valence-corrected chi connectivity index (χ0v) is 17.9. The van der Waals surface area contributed by atoms with Crippen molar-refractivity contribution in [2.24, 2.45) is 0 Å². The molecule has 2 aromatic carbocycles. The Morgan fingerprint density at radius 3 is 2.61 bits per heavy atom. The molecule has 0 spiro atoms. The Bertz CT molecular complexity index is 780. The van der Waals surface area contributed by atoms with Gasteiger partial charge in [0, 0.05) is 32.7 Å². The lowest BCUT2D eigenvalue weighted by Crippen LogP contribution is -2.40. The highest BCUT2D eigenvalue weighted by Gasteiger charge is 2.15. The summed E-state index contributed by atoms with van der Waals surface area (Å²) in [4.78, 5) is 4.70. The number of morpholine rings is 1. The van der Waals surface area contributed by atoms with Gasteiger partial charge in [0.05, 0.1) is 23.9 Å². The molecule has 0 aromatic heterocycles. The van der Waals surface area contributed by atoms with E-state index >= 15 is 0 Å². The maximum absolute atomic E-state index is 6.31. The fourth-order valence-electron chi connectivity index (χ4n) is 3.31. The van der Waals surface area contributed by atoms with E-state index in [1.165, 1.54) is 11.1 Å². The van der Waals surface area contributed by atoms with Crippen molar-refractivity contribution in [3.63, 3.8) is 0 Å². The molecule has 3 rings (SSSR count). The van der Waals surface area contributed by atoms with Crippen molar-refractivity contribution < 1.29 is 4.74 Å². The molecule has 0 saturated carbocycles. The highest BCUT2D eigenvalue weighted by atomic mass is 35.5. The van der Waals surface area contributed by atoms with Crippen molar-refractivity contribution in [3.8, 4) is 0 Å². The predicted molar refractivity (Wildman–Crippen MR) is 121 cm³/mol. The van der Waals surface area contributed by atoms with Crippen molar-refractivity contribution in [2.75, 3.05) is 44.7 Å². The molecular formula is C22H28ClN3OS. The molecule has 6 heteroatoms. The van der Waals surface area contributed by atoms with Crippen molar-refractivity contribution >= 4 is 34.6 Å². The molecular weight excluding hydrogens is 390 g/mol. The first kappa shape index (κ1) is 21.1. The molecule has 0 radical (unpaired) electrons. The summed E-state index contributed by atoms with van der Waals surface area (Å²) in [7, 11) is 0. The van der Waals surface area contributed by atoms with Crippen LogP contribution >= 0.6 is 23.8 Å². The molecule has 1 heterocycles. The predicted octanol–water partition coefficient (Wildman–Crippen LogP) is 4.57. The Kier molecular flexibility index (Phi) is 8.10. The molecule has 1 N–H and O–H groups in total. The number of benzene rings is 2. The average molecular weight is 418 g/mol. The van der Waals surface area contributed by atoms with Crippen LogP contribution in [0.5, 0.6) is 0 Å². The smallest absolute Gasteiger partial charge is 0.173 e. The standard InChI is InChI=1S/C22H28ClN3OS/c1-18-7-2-3-8-19(18)17-26(12-6-11-25-13-15-27-16-14-25)22(28)24-21-10-5-4-9-20(21)23/h2-5,7-10H,6,11-17H2,1H3,(H,24,28). The zero-order chi connectivity index (χ0) is 19.8. The summed E-state index contributed by atoms with van der Waals surface area (Å²) in [6.45, 7) is 8.57. The average Bonchev–Trinajstić information content (AvgIpc) is 2.71. The van der Waals surface area contributed by atoms with Crippen molar-refractivity contribution in [1.82, 2.24) is 9.80 Å². The Hall–Kier alpha value is -1.66. The summed E-state index contributed by atoms with van der Waals surface area (Å²) in [5.74, 6) is 0. The number of rotatable bonds is 7. The van der Waals surface area contributed by atoms with Crippen LogP contribution in [0.1, 0.15) is 17.5 Å². The Labute approximate surface area is 178 Å². The first-order chi connectivity index (χ1) is 13.6. The molecule has 0 unspecified atom stereocenters. The SMILES string of the molecule is Cc1ccccc1CN(CCCN1CCOCC1)C(=S)Nc1ccccc1Cl. The van der Waals surface area contributed by atoms with E-state index < -0.39 is 0 Å². The number of nitrogens with zero attached hydrogens (tertiary/aromatic N) is 2. The Morgan fingerprint density at radius 2 is 1.86 bits per heavy atom. The third kappa shape index (κ3) is 6.17. The van der Waals surface area contributed by atoms with E-state index in [1.807, 2.05) is 24.3 Å². The summed E-state index contributed by atoms with van der Waals surface area (Å²) >= 11 is 12.1. The van der Waals surface area contributed by atoms with Crippen LogP contribution in [-0.2, 0) is 11.3 Å². The minimum absolute atomic E-state index is 0.675. The van der Waals surface area contributed by atoms with Crippen LogP contribution in [0.2, 0.25) is 5.02 Å². The van der Waals surface area contributed by atoms with E-state index in [0.29, 0.717) is 10.1 Å². The van der Waals surface area contributed by atoms with Gasteiger partial charge in [-0.3, -0.25) is 4.90 Å². The van der Waals surface area contributed by atoms with Crippen LogP contribution in [-0.4, -0.2) is 54.3 Å². The first-order valence-electron chi connectivity index (χ1n) is 9.78. The number of para-hydroxylation sites is 1. The first-order valence-corrected chi connectivity index (χ1v) is 10.6. The van der Waals surface area contributed by atoms with Crippen LogP contribution in [0, 0.1) is 6.92 Å². The maximum Gasteiger partial charge on any atom is 0.173 e. The van der Waals surface area contributed by atoms with Gasteiger partial charge in [0.25, 0.3) is 0 Å². The number of aryl methyl sites for hydroxylation is 1. The van der Waals surface area contributed by atoms with Crippen LogP contribution < -0.4 is 5.32 Å². The molecule has 1 aliphatic rings. The van der Waals surface area contributed by atoms with Gasteiger partial charge in [-0.05, 0) is 48.8 Å². The normalized spacial score (nSPS) is 14.6. The lowest BCUT2D eigenvalue weighted by molar-refractivity contribution is 0.0368. The van der Waals surface area contributed by atoms with E-state index in [-0.39, 0.29) is 0 Å². The van der Waals surface area contributed by atoms with Gasteiger partial charge in [0.1, 0.15) is 0 Å². The van der Waals surface area contributed by atoms with E-state index in [1.54, 1.807) is 0 Å². The van der Waals surface area contributed by atoms with Gasteiger partial charge in [-0.15, -0.1) is 0 Å². The summed E-state index contributed by atoms with van der Waals surface area (Å²) in [6.07, 6.45) is 1.05. The quantitative estimate of drug-likeness (QED) is 0.666. The molecule has 1 saturated heterocycles. The van der Waals surface area contributed by atoms with E-state index in [9.17, 15) is 0 Å². The van der Waals surface area contributed by atoms with Crippen LogP contribution in [0.25, 0.3) is 0 Å². The van der Waals surface area contributed by atoms with Gasteiger partial charge in [-0.2, -0.15) is 0 Å². The summed E-state index contributed by atoms with van der Waals surface area (Å²) < 4.78 is 5.44. The minimum atomic E-state index is 0.675. The van der Waals surface area contributed by atoms with Crippen molar-refractivity contribution in [3.05, 3.63) is 64.7 Å². The third-order valence-electron chi connectivity index (χ3n) is 5.03. The summed E-state index contributed by atoms with van der Waals surface area (Å²) in [5.41, 5.74) is 3.41. The minimum Gasteiger partial charge on any atom is -0.379 e. The molecule has 0 atom stereocenters. The van der Waals surface area contributed by atoms with E-state index in [4.69, 9.17) is 28.6 Å². The fraction of sp³-hybridized carbons (Fsp3) is 0.409. The van der Waals surface area contributed by atoms with E-state index in [2.05, 4.69) is 46.3 Å². The third-order valence-corrected chi connectivity index (χ3v) is 5.72. The molecule has 150 valence electrons. The number of hydrogen-bond donors (Lipinski definition) is 1. The molecule has 2 aromatic rings. The number of halogens is 1. The second kappa shape index (κ2) is 10.8. The van der Waals surface area contributed by atoms with Gasteiger partial charge in [-0.1, -0.05) is 48.0 Å². The largest absolute Gasteiger partial charge is 0.379 e.